The van der Waals surface area contributed by atoms with E-state index in [0.29, 0.717) is 11.6 Å². The molecule has 2 amide bonds. The van der Waals surface area contributed by atoms with E-state index in [2.05, 4.69) is 42.5 Å². The van der Waals surface area contributed by atoms with Gasteiger partial charge >= 0.3 is 6.03 Å². The molecule has 1 saturated heterocycles. The molecule has 6 heteroatoms. The average Bonchev–Trinajstić information content (AvgIpc) is 3.04. The first-order chi connectivity index (χ1) is 12.1. The lowest BCUT2D eigenvalue weighted by atomic mass is 9.86. The monoisotopic (exact) mass is 344 g/mol. The lowest BCUT2D eigenvalue weighted by Gasteiger charge is -2.32. The average molecular weight is 344 g/mol. The number of hydrogen-bond acceptors (Lipinski definition) is 2. The normalized spacial score (nSPS) is 15.4. The molecule has 0 unspecified atom stereocenters. The standard InChI is InChI=1S/C19H25FN4O/c1-14-3-4-15(2)18(11-14)16-5-8-23(9-6-16)19(25)22-17-12-21-24(13-17)10-7-20/h3-4,11-13,16H,5-10H2,1-2H3,(H,22,25). The molecule has 2 aromatic rings. The van der Waals surface area contributed by atoms with Crippen LogP contribution in [0.4, 0.5) is 14.9 Å². The number of halogens is 1. The van der Waals surface area contributed by atoms with Crippen molar-refractivity contribution in [3.63, 3.8) is 0 Å². The minimum atomic E-state index is -0.471. The first-order valence-electron chi connectivity index (χ1n) is 8.78. The number of aryl methyl sites for hydroxylation is 3. The lowest BCUT2D eigenvalue weighted by molar-refractivity contribution is 0.194. The molecule has 0 spiro atoms. The second-order valence-corrected chi connectivity index (χ2v) is 6.73. The van der Waals surface area contributed by atoms with E-state index in [9.17, 15) is 9.18 Å². The van der Waals surface area contributed by atoms with Gasteiger partial charge in [0.05, 0.1) is 18.4 Å². The number of piperidine rings is 1. The van der Waals surface area contributed by atoms with Crippen molar-refractivity contribution in [2.75, 3.05) is 25.1 Å². The number of urea groups is 1. The van der Waals surface area contributed by atoms with Crippen molar-refractivity contribution in [3.8, 4) is 0 Å². The van der Waals surface area contributed by atoms with E-state index in [1.54, 1.807) is 12.4 Å². The number of carbonyl (C=O) groups excluding carboxylic acids is 1. The van der Waals surface area contributed by atoms with Crippen LogP contribution in [-0.2, 0) is 6.54 Å². The van der Waals surface area contributed by atoms with Crippen molar-refractivity contribution in [2.45, 2.75) is 39.2 Å². The van der Waals surface area contributed by atoms with Gasteiger partial charge in [-0.15, -0.1) is 0 Å². The quantitative estimate of drug-likeness (QED) is 0.915. The van der Waals surface area contributed by atoms with Crippen LogP contribution in [0.15, 0.2) is 30.6 Å². The topological polar surface area (TPSA) is 50.2 Å². The number of hydrogen-bond donors (Lipinski definition) is 1. The van der Waals surface area contributed by atoms with Crippen LogP contribution in [0.2, 0.25) is 0 Å². The van der Waals surface area contributed by atoms with Crippen molar-refractivity contribution in [1.29, 1.82) is 0 Å². The number of anilines is 1. The highest BCUT2D eigenvalue weighted by Gasteiger charge is 2.25. The Bertz CT molecular complexity index is 735. The Morgan fingerprint density at radius 3 is 2.80 bits per heavy atom. The fourth-order valence-corrected chi connectivity index (χ4v) is 3.43. The maximum Gasteiger partial charge on any atom is 0.321 e. The van der Waals surface area contributed by atoms with Crippen molar-refractivity contribution in [1.82, 2.24) is 14.7 Å². The Balaban J connectivity index is 1.56. The zero-order valence-electron chi connectivity index (χ0n) is 14.8. The van der Waals surface area contributed by atoms with Gasteiger partial charge in [-0.05, 0) is 43.7 Å². The zero-order valence-corrected chi connectivity index (χ0v) is 14.8. The molecule has 134 valence electrons. The molecule has 0 bridgehead atoms. The van der Waals surface area contributed by atoms with Crippen LogP contribution in [0.5, 0.6) is 0 Å². The molecule has 1 aromatic carbocycles. The Morgan fingerprint density at radius 1 is 1.32 bits per heavy atom. The number of rotatable bonds is 4. The Hall–Kier alpha value is -2.37. The van der Waals surface area contributed by atoms with Gasteiger partial charge < -0.3 is 10.2 Å². The summed E-state index contributed by atoms with van der Waals surface area (Å²) in [5.74, 6) is 0.510. The fourth-order valence-electron chi connectivity index (χ4n) is 3.43. The molecule has 1 aromatic heterocycles. The van der Waals surface area contributed by atoms with Crippen LogP contribution >= 0.6 is 0 Å². The third-order valence-corrected chi connectivity index (χ3v) is 4.85. The molecule has 2 heterocycles. The Labute approximate surface area is 147 Å². The van der Waals surface area contributed by atoms with Gasteiger partial charge in [0.1, 0.15) is 6.67 Å². The summed E-state index contributed by atoms with van der Waals surface area (Å²) in [6.07, 6.45) is 5.15. The van der Waals surface area contributed by atoms with E-state index < -0.39 is 6.67 Å². The number of alkyl halides is 1. The van der Waals surface area contributed by atoms with Gasteiger partial charge in [0.2, 0.25) is 0 Å². The number of carbonyl (C=O) groups is 1. The minimum absolute atomic E-state index is 0.112. The number of aromatic nitrogens is 2. The summed E-state index contributed by atoms with van der Waals surface area (Å²) in [7, 11) is 0. The summed E-state index contributed by atoms with van der Waals surface area (Å²) in [5.41, 5.74) is 4.63. The molecular formula is C19H25FN4O. The molecule has 3 rings (SSSR count). The van der Waals surface area contributed by atoms with E-state index in [4.69, 9.17) is 0 Å². The van der Waals surface area contributed by atoms with Gasteiger partial charge in [0.25, 0.3) is 0 Å². The van der Waals surface area contributed by atoms with Crippen LogP contribution in [0, 0.1) is 13.8 Å². The van der Waals surface area contributed by atoms with Crippen LogP contribution in [0.3, 0.4) is 0 Å². The van der Waals surface area contributed by atoms with E-state index in [1.165, 1.54) is 21.4 Å². The van der Waals surface area contributed by atoms with Crippen molar-refractivity contribution in [2.24, 2.45) is 0 Å². The number of amides is 2. The molecule has 0 atom stereocenters. The highest BCUT2D eigenvalue weighted by Crippen LogP contribution is 2.31. The van der Waals surface area contributed by atoms with Crippen LogP contribution in [0.25, 0.3) is 0 Å². The maximum absolute atomic E-state index is 12.4. The molecule has 5 nitrogen and oxygen atoms in total. The molecule has 0 aliphatic carbocycles. The predicted octanol–water partition coefficient (Wildman–Crippen LogP) is 3.88. The molecule has 1 N–H and O–H groups in total. The largest absolute Gasteiger partial charge is 0.324 e. The van der Waals surface area contributed by atoms with E-state index >= 15 is 0 Å². The first-order valence-corrected chi connectivity index (χ1v) is 8.78. The van der Waals surface area contributed by atoms with Crippen molar-refractivity contribution in [3.05, 3.63) is 47.3 Å². The molecule has 25 heavy (non-hydrogen) atoms. The fraction of sp³-hybridized carbons (Fsp3) is 0.474. The van der Waals surface area contributed by atoms with Gasteiger partial charge in [0, 0.05) is 19.3 Å². The highest BCUT2D eigenvalue weighted by atomic mass is 19.1. The van der Waals surface area contributed by atoms with Gasteiger partial charge in [-0.1, -0.05) is 23.8 Å². The summed E-state index contributed by atoms with van der Waals surface area (Å²) in [6, 6.07) is 6.48. The summed E-state index contributed by atoms with van der Waals surface area (Å²) >= 11 is 0. The number of nitrogens with zero attached hydrogens (tertiary/aromatic N) is 3. The maximum atomic E-state index is 12.4. The van der Waals surface area contributed by atoms with E-state index in [0.717, 1.165) is 25.9 Å². The second kappa shape index (κ2) is 7.68. The summed E-state index contributed by atoms with van der Waals surface area (Å²) in [4.78, 5) is 14.2. The SMILES string of the molecule is Cc1ccc(C)c(C2CCN(C(=O)Nc3cnn(CCF)c3)CC2)c1. The van der Waals surface area contributed by atoms with Crippen molar-refractivity contribution < 1.29 is 9.18 Å². The molecule has 1 aliphatic heterocycles. The van der Waals surface area contributed by atoms with E-state index in [1.807, 2.05) is 4.90 Å². The molecule has 0 saturated carbocycles. The Morgan fingerprint density at radius 2 is 2.08 bits per heavy atom. The molecule has 1 aliphatic rings. The highest BCUT2D eigenvalue weighted by molar-refractivity contribution is 5.89. The number of likely N-dealkylation sites (tertiary alicyclic amines) is 1. The van der Waals surface area contributed by atoms with Gasteiger partial charge in [0.15, 0.2) is 0 Å². The Kier molecular flexibility index (Phi) is 5.36. The van der Waals surface area contributed by atoms with Gasteiger partial charge in [-0.3, -0.25) is 4.68 Å². The minimum Gasteiger partial charge on any atom is -0.324 e. The van der Waals surface area contributed by atoms with Gasteiger partial charge in [-0.2, -0.15) is 5.10 Å². The molecule has 0 radical (unpaired) electrons. The first kappa shape index (κ1) is 17.5. The third-order valence-electron chi connectivity index (χ3n) is 4.85. The van der Waals surface area contributed by atoms with Gasteiger partial charge in [-0.25, -0.2) is 9.18 Å². The number of nitrogens with one attached hydrogen (secondary N) is 1. The molecular weight excluding hydrogens is 319 g/mol. The molecule has 1 fully saturated rings. The predicted molar refractivity (Wildman–Crippen MR) is 96.7 cm³/mol. The van der Waals surface area contributed by atoms with Crippen LogP contribution < -0.4 is 5.32 Å². The zero-order chi connectivity index (χ0) is 17.8. The summed E-state index contributed by atoms with van der Waals surface area (Å²) < 4.78 is 13.8. The van der Waals surface area contributed by atoms with E-state index in [-0.39, 0.29) is 12.6 Å². The second-order valence-electron chi connectivity index (χ2n) is 6.73. The van der Waals surface area contributed by atoms with Crippen LogP contribution in [-0.4, -0.2) is 40.5 Å². The lowest BCUT2D eigenvalue weighted by Crippen LogP contribution is -2.40. The summed E-state index contributed by atoms with van der Waals surface area (Å²) in [6.45, 7) is 5.49. The smallest absolute Gasteiger partial charge is 0.321 e. The van der Waals surface area contributed by atoms with Crippen LogP contribution in [0.1, 0.15) is 35.4 Å². The number of benzene rings is 1. The summed E-state index contributed by atoms with van der Waals surface area (Å²) in [5, 5.41) is 6.86. The third kappa shape index (κ3) is 4.18. The van der Waals surface area contributed by atoms with Crippen molar-refractivity contribution >= 4 is 11.7 Å².